The molecule has 0 N–H and O–H groups in total. The normalized spacial score (nSPS) is 10.7. The van der Waals surface area contributed by atoms with Crippen molar-refractivity contribution in [1.82, 2.24) is 59.8 Å². The summed E-state index contributed by atoms with van der Waals surface area (Å²) < 4.78 is 0. The maximum Gasteiger partial charge on any atom is 0.199 e. The zero-order chi connectivity index (χ0) is 29.1. The van der Waals surface area contributed by atoms with E-state index in [1.807, 2.05) is 0 Å². The van der Waals surface area contributed by atoms with Crippen molar-refractivity contribution in [2.75, 3.05) is 0 Å². The van der Waals surface area contributed by atoms with Gasteiger partial charge in [-0.15, -0.1) is 0 Å². The van der Waals surface area contributed by atoms with Crippen molar-refractivity contribution in [2.45, 2.75) is 0 Å². The third-order valence-electron chi connectivity index (χ3n) is 5.87. The fourth-order valence-electron chi connectivity index (χ4n) is 4.11. The maximum absolute atomic E-state index is 9.41. The number of nitrogens with zero attached hydrogens (tertiary/aromatic N) is 18. The second-order valence-electron chi connectivity index (χ2n) is 8.14. The molecular weight excluding hydrogens is 540 g/mol. The van der Waals surface area contributed by atoms with Crippen LogP contribution in [0.5, 0.6) is 0 Å². The summed E-state index contributed by atoms with van der Waals surface area (Å²) >= 11 is 0. The van der Waals surface area contributed by atoms with Gasteiger partial charge in [0.25, 0.3) is 0 Å². The Morgan fingerprint density at radius 1 is 0.238 bits per heavy atom. The molecule has 18 heteroatoms. The molecular formula is C24N18. The summed E-state index contributed by atoms with van der Waals surface area (Å²) in [4.78, 5) is 51.6. The zero-order valence-electron chi connectivity index (χ0n) is 20.0. The molecule has 18 nitrogen and oxygen atoms in total. The van der Waals surface area contributed by atoms with Gasteiger partial charge in [0.1, 0.15) is 69.5 Å². The first-order valence-electron chi connectivity index (χ1n) is 11.2. The number of fused-ring (bicyclic) bond motifs is 9. The van der Waals surface area contributed by atoms with Gasteiger partial charge in [-0.05, 0) is 0 Å². The van der Waals surface area contributed by atoms with E-state index in [2.05, 4.69) is 59.8 Å². The van der Waals surface area contributed by atoms with E-state index in [-0.39, 0.29) is 101 Å². The monoisotopic (exact) mass is 540 g/mol. The highest BCUT2D eigenvalue weighted by molar-refractivity contribution is 6.20. The Morgan fingerprint density at radius 3 is 0.500 bits per heavy atom. The summed E-state index contributed by atoms with van der Waals surface area (Å²) in [6.45, 7) is 0. The molecule has 6 heterocycles. The molecule has 0 saturated heterocycles. The lowest BCUT2D eigenvalue weighted by molar-refractivity contribution is 1.13. The maximum atomic E-state index is 9.41. The average Bonchev–Trinajstić information content (AvgIpc) is 3.03. The standard InChI is InChI=1S/C24N18/c25-1-7-8(2-26)32-20-19(31-7)37-13-14(38-20)16-18(42-24-23(40-16)35-11(5-29)12(6-30)36-24)17-15(13)39-21-22(41-17)34-10(4-28)9(3-27)33-21. The van der Waals surface area contributed by atoms with E-state index in [4.69, 9.17) is 0 Å². The van der Waals surface area contributed by atoms with Crippen molar-refractivity contribution in [1.29, 1.82) is 31.6 Å². The number of hydrogen-bond acceptors (Lipinski definition) is 18. The van der Waals surface area contributed by atoms with Crippen LogP contribution in [0.4, 0.5) is 0 Å². The van der Waals surface area contributed by atoms with Gasteiger partial charge in [0.15, 0.2) is 68.0 Å². The van der Waals surface area contributed by atoms with Gasteiger partial charge >= 0.3 is 0 Å². The van der Waals surface area contributed by atoms with Crippen LogP contribution in [-0.2, 0) is 0 Å². The van der Waals surface area contributed by atoms with Gasteiger partial charge in [0, 0.05) is 0 Å². The minimum atomic E-state index is -0.271. The predicted molar refractivity (Wildman–Crippen MR) is 133 cm³/mol. The molecule has 186 valence electrons. The lowest BCUT2D eigenvalue weighted by Gasteiger charge is -2.09. The van der Waals surface area contributed by atoms with Gasteiger partial charge in [-0.25, -0.2) is 59.8 Å². The van der Waals surface area contributed by atoms with Crippen LogP contribution in [-0.4, -0.2) is 59.8 Å². The molecule has 7 aromatic rings. The predicted octanol–water partition coefficient (Wildman–Crippen LogP) is 0.576. The van der Waals surface area contributed by atoms with Crippen molar-refractivity contribution in [3.63, 3.8) is 0 Å². The highest BCUT2D eigenvalue weighted by Crippen LogP contribution is 2.32. The molecule has 1 aromatic carbocycles. The van der Waals surface area contributed by atoms with Crippen LogP contribution in [0.3, 0.4) is 0 Å². The summed E-state index contributed by atoms with van der Waals surface area (Å²) in [5.74, 6) is 0. The van der Waals surface area contributed by atoms with Crippen LogP contribution in [0.2, 0.25) is 0 Å². The Bertz CT molecular complexity index is 2200. The van der Waals surface area contributed by atoms with E-state index in [0.717, 1.165) is 0 Å². The Labute approximate surface area is 229 Å². The largest absolute Gasteiger partial charge is 0.221 e. The molecule has 7 rings (SSSR count). The SMILES string of the molecule is N#Cc1nc2nc3c4nc5nc(C#N)c(C#N)nc5nc4c4nc5nc(C#N)c(C#N)nc5nc4c3nc2nc1C#N. The van der Waals surface area contributed by atoms with Crippen molar-refractivity contribution < 1.29 is 0 Å². The Balaban J connectivity index is 1.74. The van der Waals surface area contributed by atoms with E-state index in [1.54, 1.807) is 36.4 Å². The molecule has 0 spiro atoms. The van der Waals surface area contributed by atoms with Gasteiger partial charge in [0.2, 0.25) is 0 Å². The lowest BCUT2D eigenvalue weighted by atomic mass is 10.2. The second-order valence-corrected chi connectivity index (χ2v) is 8.14. The van der Waals surface area contributed by atoms with Crippen molar-refractivity contribution in [3.05, 3.63) is 34.2 Å². The number of aromatic nitrogens is 12. The van der Waals surface area contributed by atoms with Crippen LogP contribution in [0, 0.1) is 68.0 Å². The fraction of sp³-hybridized carbons (Fsp3) is 0. The highest BCUT2D eigenvalue weighted by atomic mass is 15.1. The number of benzene rings is 1. The highest BCUT2D eigenvalue weighted by Gasteiger charge is 2.23. The quantitative estimate of drug-likeness (QED) is 0.187. The van der Waals surface area contributed by atoms with E-state index in [0.29, 0.717) is 0 Å². The van der Waals surface area contributed by atoms with Crippen LogP contribution in [0.15, 0.2) is 0 Å². The van der Waals surface area contributed by atoms with Gasteiger partial charge < -0.3 is 0 Å². The fourth-order valence-corrected chi connectivity index (χ4v) is 4.11. The van der Waals surface area contributed by atoms with E-state index >= 15 is 0 Å². The average molecular weight is 540 g/mol. The van der Waals surface area contributed by atoms with Crippen molar-refractivity contribution >= 4 is 67.0 Å². The summed E-state index contributed by atoms with van der Waals surface area (Å²) in [6.07, 6.45) is 0. The first-order chi connectivity index (χ1) is 20.5. The smallest absolute Gasteiger partial charge is 0.199 e. The topological polar surface area (TPSA) is 297 Å². The lowest BCUT2D eigenvalue weighted by Crippen LogP contribution is -2.05. The Morgan fingerprint density at radius 2 is 0.381 bits per heavy atom. The van der Waals surface area contributed by atoms with E-state index in [1.165, 1.54) is 0 Å². The third-order valence-corrected chi connectivity index (χ3v) is 5.87. The summed E-state index contributed by atoms with van der Waals surface area (Å²) in [7, 11) is 0. The molecule has 0 radical (unpaired) electrons. The van der Waals surface area contributed by atoms with Crippen molar-refractivity contribution in [2.24, 2.45) is 0 Å². The van der Waals surface area contributed by atoms with Gasteiger partial charge in [-0.1, -0.05) is 0 Å². The summed E-state index contributed by atoms with van der Waals surface area (Å²) in [6, 6.07) is 10.7. The van der Waals surface area contributed by atoms with Crippen LogP contribution >= 0.6 is 0 Å². The molecule has 0 amide bonds. The van der Waals surface area contributed by atoms with Gasteiger partial charge in [-0.3, -0.25) is 0 Å². The molecule has 0 fully saturated rings. The molecule has 0 aliphatic heterocycles. The Hall–Kier alpha value is -7.80. The minimum Gasteiger partial charge on any atom is -0.221 e. The minimum absolute atomic E-state index is 0.0581. The second kappa shape index (κ2) is 8.35. The summed E-state index contributed by atoms with van der Waals surface area (Å²) in [5, 5.41) is 56.5. The van der Waals surface area contributed by atoms with Crippen LogP contribution < -0.4 is 0 Å². The van der Waals surface area contributed by atoms with Crippen LogP contribution in [0.25, 0.3) is 67.0 Å². The molecule has 0 aliphatic carbocycles. The number of hydrogen-bond donors (Lipinski definition) is 0. The molecule has 0 bridgehead atoms. The molecule has 0 saturated carbocycles. The first kappa shape index (κ1) is 23.3. The van der Waals surface area contributed by atoms with Gasteiger partial charge in [-0.2, -0.15) is 31.6 Å². The van der Waals surface area contributed by atoms with Gasteiger partial charge in [0.05, 0.1) is 0 Å². The zero-order valence-corrected chi connectivity index (χ0v) is 20.0. The molecule has 0 unspecified atom stereocenters. The van der Waals surface area contributed by atoms with Crippen molar-refractivity contribution in [3.8, 4) is 36.4 Å². The van der Waals surface area contributed by atoms with Crippen LogP contribution in [0.1, 0.15) is 34.2 Å². The van der Waals surface area contributed by atoms with E-state index < -0.39 is 0 Å². The molecule has 0 atom stereocenters. The van der Waals surface area contributed by atoms with E-state index in [9.17, 15) is 31.6 Å². The summed E-state index contributed by atoms with van der Waals surface area (Å²) in [5.41, 5.74) is -1.84. The molecule has 42 heavy (non-hydrogen) atoms. The third kappa shape index (κ3) is 3.12. The molecule has 0 aliphatic rings. The Kier molecular flexibility index (Phi) is 4.64. The number of nitriles is 6. The molecule has 6 aromatic heterocycles. The number of rotatable bonds is 0. The first-order valence-corrected chi connectivity index (χ1v) is 11.2.